The molecule has 13 heavy (non-hydrogen) atoms. The minimum Gasteiger partial charge on any atom is -0.256 e. The summed E-state index contributed by atoms with van der Waals surface area (Å²) < 4.78 is 0. The molecule has 0 bridgehead atoms. The lowest BCUT2D eigenvalue weighted by Gasteiger charge is -2.04. The van der Waals surface area contributed by atoms with Gasteiger partial charge in [-0.25, -0.2) is 0 Å². The summed E-state index contributed by atoms with van der Waals surface area (Å²) in [5.74, 6) is 0. The molecule has 1 aromatic heterocycles. The molecule has 0 saturated heterocycles. The van der Waals surface area contributed by atoms with E-state index in [1.54, 1.807) is 0 Å². The molecule has 0 saturated carbocycles. The van der Waals surface area contributed by atoms with Gasteiger partial charge in [-0.2, -0.15) is 0 Å². The van der Waals surface area contributed by atoms with Crippen molar-refractivity contribution in [3.63, 3.8) is 0 Å². The summed E-state index contributed by atoms with van der Waals surface area (Å²) in [7, 11) is 0. The maximum Gasteiger partial charge on any atom is 0.0734 e. The van der Waals surface area contributed by atoms with Crippen LogP contribution in [0.4, 0.5) is 0 Å². The Hall–Kier alpha value is -0.890. The molecule has 0 N–H and O–H groups in total. The van der Waals surface area contributed by atoms with E-state index in [1.807, 2.05) is 6.20 Å². The van der Waals surface area contributed by atoms with Gasteiger partial charge in [0.15, 0.2) is 0 Å². The Morgan fingerprint density at radius 1 is 1.31 bits per heavy atom. The van der Waals surface area contributed by atoms with E-state index in [9.17, 15) is 0 Å². The standard InChI is InChI=1S/C11H10BrN/c1-8-3-2-4-10-9(7-12)5-6-13-11(8)10/h2-6H,7H2,1H3. The van der Waals surface area contributed by atoms with Crippen molar-refractivity contribution in [2.45, 2.75) is 12.3 Å². The zero-order chi connectivity index (χ0) is 9.26. The van der Waals surface area contributed by atoms with E-state index in [2.05, 4.69) is 52.1 Å². The molecule has 0 aliphatic rings. The second-order valence-corrected chi connectivity index (χ2v) is 3.64. The minimum absolute atomic E-state index is 0.884. The van der Waals surface area contributed by atoms with Crippen LogP contribution in [0, 0.1) is 6.92 Å². The lowest BCUT2D eigenvalue weighted by atomic mass is 10.1. The fourth-order valence-electron chi connectivity index (χ4n) is 1.50. The van der Waals surface area contributed by atoms with Crippen molar-refractivity contribution < 1.29 is 0 Å². The Balaban J connectivity index is 2.84. The number of hydrogen-bond donors (Lipinski definition) is 0. The lowest BCUT2D eigenvalue weighted by Crippen LogP contribution is -1.87. The van der Waals surface area contributed by atoms with Gasteiger partial charge in [0.2, 0.25) is 0 Å². The average Bonchev–Trinajstić information content (AvgIpc) is 2.18. The summed E-state index contributed by atoms with van der Waals surface area (Å²) >= 11 is 3.48. The Morgan fingerprint density at radius 2 is 2.15 bits per heavy atom. The molecule has 1 heterocycles. The van der Waals surface area contributed by atoms with Crippen LogP contribution in [0.15, 0.2) is 30.5 Å². The summed E-state index contributed by atoms with van der Waals surface area (Å²) in [4.78, 5) is 4.37. The SMILES string of the molecule is Cc1cccc2c(CBr)ccnc12. The first-order chi connectivity index (χ1) is 6.33. The zero-order valence-corrected chi connectivity index (χ0v) is 9.01. The molecule has 0 radical (unpaired) electrons. The van der Waals surface area contributed by atoms with Crippen molar-refractivity contribution in [1.82, 2.24) is 4.98 Å². The number of pyridine rings is 1. The summed E-state index contributed by atoms with van der Waals surface area (Å²) in [6, 6.07) is 8.33. The van der Waals surface area contributed by atoms with Crippen molar-refractivity contribution in [3.8, 4) is 0 Å². The van der Waals surface area contributed by atoms with Crippen LogP contribution in [-0.4, -0.2) is 4.98 Å². The quantitative estimate of drug-likeness (QED) is 0.691. The molecule has 0 aliphatic carbocycles. The molecule has 1 nitrogen and oxygen atoms in total. The summed E-state index contributed by atoms with van der Waals surface area (Å²) in [5.41, 5.74) is 3.65. The van der Waals surface area contributed by atoms with Crippen molar-refractivity contribution in [3.05, 3.63) is 41.6 Å². The number of fused-ring (bicyclic) bond motifs is 1. The third kappa shape index (κ3) is 1.46. The smallest absolute Gasteiger partial charge is 0.0734 e. The van der Waals surface area contributed by atoms with Gasteiger partial charge in [-0.15, -0.1) is 0 Å². The van der Waals surface area contributed by atoms with E-state index in [4.69, 9.17) is 0 Å². The topological polar surface area (TPSA) is 12.9 Å². The third-order valence-corrected chi connectivity index (χ3v) is 2.81. The number of rotatable bonds is 1. The number of nitrogens with zero attached hydrogens (tertiary/aromatic N) is 1. The molecule has 0 amide bonds. The minimum atomic E-state index is 0.884. The first-order valence-electron chi connectivity index (χ1n) is 4.22. The van der Waals surface area contributed by atoms with Gasteiger partial charge in [0.25, 0.3) is 0 Å². The van der Waals surface area contributed by atoms with Crippen molar-refractivity contribution in [2.75, 3.05) is 0 Å². The fourth-order valence-corrected chi connectivity index (χ4v) is 1.99. The molecule has 2 aromatic rings. The van der Waals surface area contributed by atoms with Gasteiger partial charge in [-0.1, -0.05) is 34.1 Å². The molecule has 0 fully saturated rings. The molecule has 0 unspecified atom stereocenters. The van der Waals surface area contributed by atoms with Gasteiger partial charge in [0.05, 0.1) is 5.52 Å². The predicted octanol–water partition coefficient (Wildman–Crippen LogP) is 3.44. The molecule has 0 atom stereocenters. The second-order valence-electron chi connectivity index (χ2n) is 3.07. The zero-order valence-electron chi connectivity index (χ0n) is 7.42. The number of halogens is 1. The van der Waals surface area contributed by atoms with E-state index in [0.717, 1.165) is 10.8 Å². The van der Waals surface area contributed by atoms with Crippen LogP contribution in [0.5, 0.6) is 0 Å². The first kappa shape index (κ1) is 8.70. The Labute approximate surface area is 85.9 Å². The van der Waals surface area contributed by atoms with Crippen LogP contribution >= 0.6 is 15.9 Å². The highest BCUT2D eigenvalue weighted by molar-refractivity contribution is 9.08. The van der Waals surface area contributed by atoms with Crippen LogP contribution < -0.4 is 0 Å². The number of aromatic nitrogens is 1. The van der Waals surface area contributed by atoms with E-state index in [0.29, 0.717) is 0 Å². The van der Waals surface area contributed by atoms with Gasteiger partial charge in [-0.05, 0) is 24.1 Å². The Kier molecular flexibility index (Phi) is 2.32. The Bertz CT molecular complexity index is 437. The summed E-state index contributed by atoms with van der Waals surface area (Å²) in [5, 5.41) is 2.13. The number of benzene rings is 1. The van der Waals surface area contributed by atoms with Gasteiger partial charge in [0.1, 0.15) is 0 Å². The molecule has 0 spiro atoms. The lowest BCUT2D eigenvalue weighted by molar-refractivity contribution is 1.33. The van der Waals surface area contributed by atoms with E-state index in [1.165, 1.54) is 16.5 Å². The molecule has 2 rings (SSSR count). The number of alkyl halides is 1. The average molecular weight is 236 g/mol. The van der Waals surface area contributed by atoms with Gasteiger partial charge < -0.3 is 0 Å². The third-order valence-electron chi connectivity index (χ3n) is 2.21. The molecular weight excluding hydrogens is 226 g/mol. The van der Waals surface area contributed by atoms with Crippen LogP contribution in [0.1, 0.15) is 11.1 Å². The molecule has 2 heteroatoms. The maximum atomic E-state index is 4.37. The highest BCUT2D eigenvalue weighted by Gasteiger charge is 2.01. The van der Waals surface area contributed by atoms with Crippen molar-refractivity contribution >= 4 is 26.8 Å². The summed E-state index contributed by atoms with van der Waals surface area (Å²) in [6.45, 7) is 2.09. The molecular formula is C11H10BrN. The first-order valence-corrected chi connectivity index (χ1v) is 5.34. The predicted molar refractivity (Wildman–Crippen MR) is 59.1 cm³/mol. The monoisotopic (exact) mass is 235 g/mol. The van der Waals surface area contributed by atoms with Crippen LogP contribution in [0.2, 0.25) is 0 Å². The van der Waals surface area contributed by atoms with E-state index < -0.39 is 0 Å². The molecule has 1 aromatic carbocycles. The number of aryl methyl sites for hydroxylation is 1. The van der Waals surface area contributed by atoms with Crippen LogP contribution in [0.3, 0.4) is 0 Å². The molecule has 0 aliphatic heterocycles. The Morgan fingerprint density at radius 3 is 2.92 bits per heavy atom. The van der Waals surface area contributed by atoms with Crippen molar-refractivity contribution in [2.24, 2.45) is 0 Å². The van der Waals surface area contributed by atoms with Gasteiger partial charge >= 0.3 is 0 Å². The molecule has 66 valence electrons. The van der Waals surface area contributed by atoms with Gasteiger partial charge in [-0.3, -0.25) is 4.98 Å². The van der Waals surface area contributed by atoms with Crippen molar-refractivity contribution in [1.29, 1.82) is 0 Å². The normalized spacial score (nSPS) is 10.6. The maximum absolute atomic E-state index is 4.37. The highest BCUT2D eigenvalue weighted by Crippen LogP contribution is 2.21. The van der Waals surface area contributed by atoms with E-state index >= 15 is 0 Å². The van der Waals surface area contributed by atoms with Crippen LogP contribution in [-0.2, 0) is 5.33 Å². The second kappa shape index (κ2) is 3.46. The number of hydrogen-bond acceptors (Lipinski definition) is 1. The highest BCUT2D eigenvalue weighted by atomic mass is 79.9. The van der Waals surface area contributed by atoms with E-state index in [-0.39, 0.29) is 0 Å². The number of para-hydroxylation sites is 1. The van der Waals surface area contributed by atoms with Crippen LogP contribution in [0.25, 0.3) is 10.9 Å². The largest absolute Gasteiger partial charge is 0.256 e. The summed E-state index contributed by atoms with van der Waals surface area (Å²) in [6.07, 6.45) is 1.87. The fraction of sp³-hybridized carbons (Fsp3) is 0.182. The van der Waals surface area contributed by atoms with Gasteiger partial charge in [0, 0.05) is 16.9 Å².